The van der Waals surface area contributed by atoms with Crippen LogP contribution in [0, 0.1) is 6.92 Å². The number of rotatable bonds is 6. The van der Waals surface area contributed by atoms with Crippen molar-refractivity contribution < 1.29 is 18.7 Å². The fourth-order valence-corrected chi connectivity index (χ4v) is 5.67. The van der Waals surface area contributed by atoms with Gasteiger partial charge in [0.1, 0.15) is 11.8 Å². The molecule has 4 heterocycles. The second-order valence-corrected chi connectivity index (χ2v) is 9.46. The van der Waals surface area contributed by atoms with Crippen molar-refractivity contribution in [1.29, 1.82) is 0 Å². The van der Waals surface area contributed by atoms with Gasteiger partial charge in [-0.2, -0.15) is 0 Å². The number of thiophene rings is 1. The van der Waals surface area contributed by atoms with Crippen LogP contribution >= 0.6 is 23.1 Å². The molecule has 1 fully saturated rings. The Morgan fingerprint density at radius 3 is 2.91 bits per heavy atom. The zero-order chi connectivity index (χ0) is 22.9. The minimum Gasteiger partial charge on any atom is -0.493 e. The van der Waals surface area contributed by atoms with E-state index in [9.17, 15) is 4.79 Å². The van der Waals surface area contributed by atoms with Gasteiger partial charge < -0.3 is 13.9 Å². The predicted molar refractivity (Wildman–Crippen MR) is 127 cm³/mol. The molecule has 172 valence electrons. The number of thioether (sulfide) groups is 1. The Morgan fingerprint density at radius 2 is 2.15 bits per heavy atom. The van der Waals surface area contributed by atoms with Gasteiger partial charge in [-0.25, -0.2) is 15.8 Å². The number of ether oxygens (including phenoxy) is 2. The Labute approximate surface area is 199 Å². The van der Waals surface area contributed by atoms with Crippen LogP contribution in [0.25, 0.3) is 11.5 Å². The van der Waals surface area contributed by atoms with E-state index in [1.807, 2.05) is 41.6 Å². The van der Waals surface area contributed by atoms with Crippen molar-refractivity contribution >= 4 is 34.2 Å². The third-order valence-corrected chi connectivity index (χ3v) is 7.54. The Hall–Kier alpha value is -3.02. The molecule has 1 aromatic carbocycles. The van der Waals surface area contributed by atoms with Gasteiger partial charge in [-0.1, -0.05) is 23.9 Å². The smallest absolute Gasteiger partial charge is 0.264 e. The first-order chi connectivity index (χ1) is 16.1. The molecule has 0 aliphatic carbocycles. The van der Waals surface area contributed by atoms with Crippen molar-refractivity contribution in [2.45, 2.75) is 31.2 Å². The van der Waals surface area contributed by atoms with Crippen LogP contribution in [0.3, 0.4) is 0 Å². The minimum atomic E-state index is -0.299. The summed E-state index contributed by atoms with van der Waals surface area (Å²) in [5.74, 6) is 2.79. The average Bonchev–Trinajstić information content (AvgIpc) is 3.58. The second-order valence-electron chi connectivity index (χ2n) is 7.54. The highest BCUT2D eigenvalue weighted by Gasteiger charge is 2.42. The number of carbonyl (C=O) groups excluding carboxylic acids is 1. The summed E-state index contributed by atoms with van der Waals surface area (Å²) in [4.78, 5) is 18.3. The van der Waals surface area contributed by atoms with E-state index in [0.29, 0.717) is 40.5 Å². The Morgan fingerprint density at radius 1 is 1.27 bits per heavy atom. The van der Waals surface area contributed by atoms with Gasteiger partial charge in [0.15, 0.2) is 16.7 Å². The molecule has 3 aromatic rings. The number of hydrogen-bond donors (Lipinski definition) is 2. The van der Waals surface area contributed by atoms with Crippen molar-refractivity contribution in [3.63, 3.8) is 0 Å². The molecule has 2 aromatic heterocycles. The molecule has 33 heavy (non-hydrogen) atoms. The number of aryl methyl sites for hydroxylation is 1. The molecule has 1 saturated heterocycles. The van der Waals surface area contributed by atoms with E-state index in [0.717, 1.165) is 11.3 Å². The molecule has 2 atom stereocenters. The maximum atomic E-state index is 12.4. The first-order valence-electron chi connectivity index (χ1n) is 10.4. The van der Waals surface area contributed by atoms with Gasteiger partial charge >= 0.3 is 0 Å². The number of nitrogens with zero attached hydrogens (tertiary/aromatic N) is 3. The van der Waals surface area contributed by atoms with Crippen LogP contribution in [-0.2, 0) is 10.5 Å². The number of hydrogen-bond acceptors (Lipinski definition) is 10. The van der Waals surface area contributed by atoms with Crippen LogP contribution in [-0.4, -0.2) is 41.3 Å². The third kappa shape index (κ3) is 4.07. The highest BCUT2D eigenvalue weighted by atomic mass is 32.2. The van der Waals surface area contributed by atoms with Gasteiger partial charge in [0.05, 0.1) is 31.5 Å². The predicted octanol–water partition coefficient (Wildman–Crippen LogP) is 3.68. The molecule has 2 unspecified atom stereocenters. The van der Waals surface area contributed by atoms with Crippen LogP contribution in [0.1, 0.15) is 28.8 Å². The number of nitrogens with one attached hydrogen (secondary N) is 2. The molecule has 0 radical (unpaired) electrons. The number of amidine groups is 1. The van der Waals surface area contributed by atoms with Crippen LogP contribution in [0.5, 0.6) is 11.5 Å². The molecule has 1 amide bonds. The number of oxazole rings is 1. The third-order valence-electron chi connectivity index (χ3n) is 5.59. The van der Waals surface area contributed by atoms with E-state index in [4.69, 9.17) is 18.9 Å². The number of fused-ring (bicyclic) bond motifs is 1. The maximum absolute atomic E-state index is 12.4. The van der Waals surface area contributed by atoms with Crippen LogP contribution in [0.2, 0.25) is 0 Å². The zero-order valence-corrected chi connectivity index (χ0v) is 20.0. The molecular formula is C22H23N5O4S2. The summed E-state index contributed by atoms with van der Waals surface area (Å²) < 4.78 is 16.9. The van der Waals surface area contributed by atoms with Crippen molar-refractivity contribution in [3.8, 4) is 23.0 Å². The lowest BCUT2D eigenvalue weighted by molar-refractivity contribution is -0.125. The van der Waals surface area contributed by atoms with E-state index < -0.39 is 0 Å². The summed E-state index contributed by atoms with van der Waals surface area (Å²) in [6.45, 7) is 1.88. The number of para-hydroxylation sites is 1. The highest BCUT2D eigenvalue weighted by Crippen LogP contribution is 2.39. The topological polar surface area (TPSA) is 101 Å². The molecule has 2 aliphatic rings. The Balaban J connectivity index is 1.33. The largest absolute Gasteiger partial charge is 0.493 e. The van der Waals surface area contributed by atoms with E-state index in [-0.39, 0.29) is 18.0 Å². The van der Waals surface area contributed by atoms with E-state index in [1.165, 1.54) is 16.6 Å². The van der Waals surface area contributed by atoms with Crippen molar-refractivity contribution in [1.82, 2.24) is 20.8 Å². The van der Waals surface area contributed by atoms with Gasteiger partial charge in [0, 0.05) is 17.1 Å². The lowest BCUT2D eigenvalue weighted by Gasteiger charge is -2.29. The van der Waals surface area contributed by atoms with E-state index >= 15 is 0 Å². The summed E-state index contributed by atoms with van der Waals surface area (Å²) in [6.07, 6.45) is 0.689. The molecule has 2 aliphatic heterocycles. The summed E-state index contributed by atoms with van der Waals surface area (Å²) in [7, 11) is 3.18. The molecule has 9 nitrogen and oxygen atoms in total. The van der Waals surface area contributed by atoms with Crippen LogP contribution < -0.4 is 20.3 Å². The standard InChI is InChI=1S/C22H23N5O4S2/c1-12-15(23-21(31-12)13-6-4-7-17(29-2)19(13)30-3)11-33-22-25-24-20(28)16-10-14(26-27(16)22)18-8-5-9-32-18/h4-9,14,16,26H,10-11H2,1-3H3,(H,24,28). The van der Waals surface area contributed by atoms with Crippen molar-refractivity contribution in [3.05, 3.63) is 52.0 Å². The number of hydrazine groups is 1. The van der Waals surface area contributed by atoms with Crippen LogP contribution in [0.15, 0.2) is 45.2 Å². The van der Waals surface area contributed by atoms with Gasteiger partial charge in [-0.3, -0.25) is 9.80 Å². The molecular weight excluding hydrogens is 462 g/mol. The molecule has 0 bridgehead atoms. The molecule has 2 N–H and O–H groups in total. The number of amides is 1. The van der Waals surface area contributed by atoms with Crippen LogP contribution in [0.4, 0.5) is 0 Å². The highest BCUT2D eigenvalue weighted by molar-refractivity contribution is 8.13. The fourth-order valence-electron chi connectivity index (χ4n) is 3.92. The second kappa shape index (κ2) is 9.08. The van der Waals surface area contributed by atoms with Gasteiger partial charge in [-0.15, -0.1) is 16.4 Å². The number of hydrazone groups is 1. The molecule has 0 spiro atoms. The number of methoxy groups -OCH3 is 2. The minimum absolute atomic E-state index is 0.0885. The quantitative estimate of drug-likeness (QED) is 0.545. The summed E-state index contributed by atoms with van der Waals surface area (Å²) >= 11 is 3.17. The normalized spacial score (nSPS) is 19.8. The number of benzene rings is 1. The van der Waals surface area contributed by atoms with Gasteiger partial charge in [-0.05, 0) is 30.5 Å². The lowest BCUT2D eigenvalue weighted by atomic mass is 10.1. The monoisotopic (exact) mass is 485 g/mol. The maximum Gasteiger partial charge on any atom is 0.264 e. The Kier molecular flexibility index (Phi) is 6.00. The van der Waals surface area contributed by atoms with E-state index in [1.54, 1.807) is 25.6 Å². The molecule has 11 heteroatoms. The molecule has 0 saturated carbocycles. The number of aromatic nitrogens is 1. The first kappa shape index (κ1) is 21.8. The number of carbonyl (C=O) groups is 1. The SMILES string of the molecule is COc1cccc(-c2nc(CSC3=NNC(=O)C4CC(c5cccs5)NN34)c(C)o2)c1OC. The average molecular weight is 486 g/mol. The van der Waals surface area contributed by atoms with Gasteiger partial charge in [0.2, 0.25) is 5.89 Å². The molecule has 5 rings (SSSR count). The summed E-state index contributed by atoms with van der Waals surface area (Å²) in [5.41, 5.74) is 7.61. The van der Waals surface area contributed by atoms with Crippen molar-refractivity contribution in [2.24, 2.45) is 5.10 Å². The Bertz CT molecular complexity index is 1190. The lowest BCUT2D eigenvalue weighted by Crippen LogP contribution is -2.52. The summed E-state index contributed by atoms with van der Waals surface area (Å²) in [6, 6.07) is 9.47. The first-order valence-corrected chi connectivity index (χ1v) is 12.2. The van der Waals surface area contributed by atoms with Crippen molar-refractivity contribution in [2.75, 3.05) is 14.2 Å². The van der Waals surface area contributed by atoms with E-state index in [2.05, 4.69) is 22.0 Å². The summed E-state index contributed by atoms with van der Waals surface area (Å²) in [5, 5.41) is 8.89. The fraction of sp³-hybridized carbons (Fsp3) is 0.318. The zero-order valence-electron chi connectivity index (χ0n) is 18.3. The van der Waals surface area contributed by atoms with Gasteiger partial charge in [0.25, 0.3) is 5.91 Å².